The molecule has 0 spiro atoms. The van der Waals surface area contributed by atoms with E-state index in [0.29, 0.717) is 12.3 Å². The number of carbonyl (C=O) groups is 3. The molecule has 0 aliphatic heterocycles. The lowest BCUT2D eigenvalue weighted by molar-refractivity contribution is -0.129. The van der Waals surface area contributed by atoms with Crippen molar-refractivity contribution in [3.05, 3.63) is 34.4 Å². The first-order chi connectivity index (χ1) is 14.7. The van der Waals surface area contributed by atoms with E-state index in [0.717, 1.165) is 49.7 Å². The second-order valence-corrected chi connectivity index (χ2v) is 9.30. The number of benzene rings is 1. The van der Waals surface area contributed by atoms with E-state index in [1.54, 1.807) is 0 Å². The van der Waals surface area contributed by atoms with Crippen LogP contribution < -0.4 is 0 Å². The SMILES string of the molecule is CCC.CCCC(CC1CC(=O)c2c(C)ccc(CC)c2C1)C(CC)C(=O)CC(C)=O. The summed E-state index contributed by atoms with van der Waals surface area (Å²) >= 11 is 0. The van der Waals surface area contributed by atoms with Gasteiger partial charge in [0.05, 0.1) is 6.42 Å². The third-order valence-corrected chi connectivity index (χ3v) is 6.39. The average molecular weight is 429 g/mol. The molecular weight excluding hydrogens is 384 g/mol. The largest absolute Gasteiger partial charge is 0.300 e. The minimum atomic E-state index is -0.0662. The predicted octanol–water partition coefficient (Wildman–Crippen LogP) is 7.10. The van der Waals surface area contributed by atoms with E-state index in [9.17, 15) is 14.4 Å². The zero-order valence-electron chi connectivity index (χ0n) is 21.0. The second kappa shape index (κ2) is 13.6. The summed E-state index contributed by atoms with van der Waals surface area (Å²) in [6.07, 6.45) is 7.42. The maximum absolute atomic E-state index is 12.9. The molecule has 0 radical (unpaired) electrons. The van der Waals surface area contributed by atoms with Gasteiger partial charge in [-0.15, -0.1) is 0 Å². The Balaban J connectivity index is 0.00000151. The number of hydrogen-bond donors (Lipinski definition) is 0. The minimum absolute atomic E-state index is 0.0460. The summed E-state index contributed by atoms with van der Waals surface area (Å²) in [6, 6.07) is 4.24. The number of carbonyl (C=O) groups excluding carboxylic acids is 3. The first-order valence-corrected chi connectivity index (χ1v) is 12.4. The van der Waals surface area contributed by atoms with Crippen LogP contribution in [0.1, 0.15) is 114 Å². The summed E-state index contributed by atoms with van der Waals surface area (Å²) in [6.45, 7) is 14.1. The van der Waals surface area contributed by atoms with Crippen LogP contribution >= 0.6 is 0 Å². The lowest BCUT2D eigenvalue weighted by atomic mass is 9.71. The van der Waals surface area contributed by atoms with Crippen molar-refractivity contribution in [2.24, 2.45) is 17.8 Å². The van der Waals surface area contributed by atoms with Gasteiger partial charge in [0.1, 0.15) is 11.6 Å². The Morgan fingerprint density at radius 2 is 1.71 bits per heavy atom. The topological polar surface area (TPSA) is 51.2 Å². The molecular formula is C28H44O3. The van der Waals surface area contributed by atoms with Crippen LogP contribution in [-0.2, 0) is 22.4 Å². The molecule has 0 fully saturated rings. The highest BCUT2D eigenvalue weighted by molar-refractivity contribution is 6.00. The van der Waals surface area contributed by atoms with Gasteiger partial charge in [-0.1, -0.05) is 66.0 Å². The fourth-order valence-corrected chi connectivity index (χ4v) is 5.14. The van der Waals surface area contributed by atoms with Crippen LogP contribution in [0.5, 0.6) is 0 Å². The summed E-state index contributed by atoms with van der Waals surface area (Å²) in [5.41, 5.74) is 4.55. The lowest BCUT2D eigenvalue weighted by Crippen LogP contribution is -2.30. The molecule has 3 heteroatoms. The van der Waals surface area contributed by atoms with E-state index < -0.39 is 0 Å². The quantitative estimate of drug-likeness (QED) is 0.373. The molecule has 0 saturated carbocycles. The third-order valence-electron chi connectivity index (χ3n) is 6.39. The van der Waals surface area contributed by atoms with Gasteiger partial charge in [0.15, 0.2) is 5.78 Å². The Labute approximate surface area is 190 Å². The molecule has 0 saturated heterocycles. The highest BCUT2D eigenvalue weighted by Crippen LogP contribution is 2.37. The standard InChI is InChI=1S/C25H36O3.C3H8/c1-6-9-20(21(8-3)23(27)12-17(5)26)13-18-14-22-19(7-2)11-10-16(4)25(22)24(28)15-18;1-3-2/h10-11,18,20-21H,6-9,12-15H2,1-5H3;3H2,1-2H3. The number of rotatable bonds is 10. The highest BCUT2D eigenvalue weighted by atomic mass is 16.1. The zero-order chi connectivity index (χ0) is 23.6. The zero-order valence-corrected chi connectivity index (χ0v) is 21.0. The van der Waals surface area contributed by atoms with Gasteiger partial charge in [-0.3, -0.25) is 14.4 Å². The first-order valence-electron chi connectivity index (χ1n) is 12.4. The molecule has 0 heterocycles. The van der Waals surface area contributed by atoms with Crippen molar-refractivity contribution in [1.29, 1.82) is 0 Å². The lowest BCUT2D eigenvalue weighted by Gasteiger charge is -2.32. The average Bonchev–Trinajstić information content (AvgIpc) is 2.68. The van der Waals surface area contributed by atoms with Crippen LogP contribution in [0.4, 0.5) is 0 Å². The number of Topliss-reactive ketones (excluding diaryl/α,β-unsaturated/α-hetero) is 3. The smallest absolute Gasteiger partial charge is 0.163 e. The van der Waals surface area contributed by atoms with Crippen molar-refractivity contribution >= 4 is 17.3 Å². The van der Waals surface area contributed by atoms with E-state index in [2.05, 4.69) is 39.8 Å². The number of fused-ring (bicyclic) bond motifs is 1. The molecule has 0 N–H and O–H groups in total. The molecule has 1 aromatic carbocycles. The Bertz CT molecular complexity index is 747. The van der Waals surface area contributed by atoms with Crippen LogP contribution in [0.15, 0.2) is 12.1 Å². The van der Waals surface area contributed by atoms with Crippen molar-refractivity contribution in [1.82, 2.24) is 0 Å². The van der Waals surface area contributed by atoms with Crippen LogP contribution in [0.2, 0.25) is 0 Å². The van der Waals surface area contributed by atoms with Crippen molar-refractivity contribution in [2.45, 2.75) is 106 Å². The van der Waals surface area contributed by atoms with Gasteiger partial charge in [-0.25, -0.2) is 0 Å². The molecule has 1 aliphatic rings. The van der Waals surface area contributed by atoms with Crippen molar-refractivity contribution in [3.8, 4) is 0 Å². The molecule has 1 aliphatic carbocycles. The van der Waals surface area contributed by atoms with E-state index in [1.807, 2.05) is 13.8 Å². The molecule has 0 aromatic heterocycles. The van der Waals surface area contributed by atoms with Gasteiger partial charge < -0.3 is 0 Å². The van der Waals surface area contributed by atoms with Gasteiger partial charge in [-0.2, -0.15) is 0 Å². The molecule has 31 heavy (non-hydrogen) atoms. The van der Waals surface area contributed by atoms with Gasteiger partial charge in [0.2, 0.25) is 0 Å². The normalized spacial score (nSPS) is 17.3. The van der Waals surface area contributed by atoms with Crippen molar-refractivity contribution in [2.75, 3.05) is 0 Å². The molecule has 0 amide bonds. The molecule has 0 bridgehead atoms. The fourth-order valence-electron chi connectivity index (χ4n) is 5.14. The predicted molar refractivity (Wildman–Crippen MR) is 130 cm³/mol. The van der Waals surface area contributed by atoms with E-state index in [1.165, 1.54) is 24.5 Å². The summed E-state index contributed by atoms with van der Waals surface area (Å²) in [5, 5.41) is 0. The molecule has 174 valence electrons. The minimum Gasteiger partial charge on any atom is -0.300 e. The van der Waals surface area contributed by atoms with Crippen molar-refractivity contribution < 1.29 is 14.4 Å². The summed E-state index contributed by atoms with van der Waals surface area (Å²) in [5.74, 6) is 0.782. The fraction of sp³-hybridized carbons (Fsp3) is 0.679. The number of ketones is 3. The van der Waals surface area contributed by atoms with Crippen molar-refractivity contribution in [3.63, 3.8) is 0 Å². The summed E-state index contributed by atoms with van der Waals surface area (Å²) in [4.78, 5) is 37.1. The van der Waals surface area contributed by atoms with Crippen LogP contribution in [0.25, 0.3) is 0 Å². The first kappa shape index (κ1) is 27.3. The van der Waals surface area contributed by atoms with Gasteiger partial charge in [0, 0.05) is 17.9 Å². The van der Waals surface area contributed by atoms with Crippen LogP contribution in [0.3, 0.4) is 0 Å². The Kier molecular flexibility index (Phi) is 12.0. The molecule has 3 atom stereocenters. The molecule has 1 aromatic rings. The van der Waals surface area contributed by atoms with E-state index >= 15 is 0 Å². The molecule has 3 unspecified atom stereocenters. The second-order valence-electron chi connectivity index (χ2n) is 9.30. The highest BCUT2D eigenvalue weighted by Gasteiger charge is 2.33. The molecule has 3 nitrogen and oxygen atoms in total. The van der Waals surface area contributed by atoms with Gasteiger partial charge in [0.25, 0.3) is 0 Å². The summed E-state index contributed by atoms with van der Waals surface area (Å²) in [7, 11) is 0. The summed E-state index contributed by atoms with van der Waals surface area (Å²) < 4.78 is 0. The Morgan fingerprint density at radius 3 is 2.23 bits per heavy atom. The van der Waals surface area contributed by atoms with Crippen LogP contribution in [0, 0.1) is 24.7 Å². The number of aryl methyl sites for hydroxylation is 2. The number of hydrogen-bond acceptors (Lipinski definition) is 3. The van der Waals surface area contributed by atoms with E-state index in [4.69, 9.17) is 0 Å². The van der Waals surface area contributed by atoms with Gasteiger partial charge >= 0.3 is 0 Å². The van der Waals surface area contributed by atoms with E-state index in [-0.39, 0.29) is 35.6 Å². The van der Waals surface area contributed by atoms with Gasteiger partial charge in [-0.05, 0) is 68.1 Å². The monoisotopic (exact) mass is 428 g/mol. The third kappa shape index (κ3) is 7.70. The molecule has 2 rings (SSSR count). The maximum atomic E-state index is 12.9. The maximum Gasteiger partial charge on any atom is 0.163 e. The van der Waals surface area contributed by atoms with Crippen LogP contribution in [-0.4, -0.2) is 17.3 Å². The Hall–Kier alpha value is -1.77. The Morgan fingerprint density at radius 1 is 1.06 bits per heavy atom.